The zero-order chi connectivity index (χ0) is 17.8. The van der Waals surface area contributed by atoms with Gasteiger partial charge in [-0.25, -0.2) is 0 Å². The summed E-state index contributed by atoms with van der Waals surface area (Å²) in [6, 6.07) is 18.1. The third-order valence-corrected chi connectivity index (χ3v) is 7.79. The Morgan fingerprint density at radius 1 is 0.640 bits per heavy atom. The van der Waals surface area contributed by atoms with Gasteiger partial charge in [-0.1, -0.05) is 62.4 Å². The van der Waals surface area contributed by atoms with E-state index in [1.807, 2.05) is 34.9 Å². The van der Waals surface area contributed by atoms with Crippen LogP contribution in [0.15, 0.2) is 58.3 Å². The van der Waals surface area contributed by atoms with Crippen LogP contribution in [0.4, 0.5) is 0 Å². The van der Waals surface area contributed by atoms with Gasteiger partial charge in [0.05, 0.1) is 0 Å². The van der Waals surface area contributed by atoms with Crippen molar-refractivity contribution in [2.45, 2.75) is 36.5 Å². The molecule has 0 amide bonds. The average molecular weight is 385 g/mol. The van der Waals surface area contributed by atoms with Gasteiger partial charge < -0.3 is 0 Å². The number of rotatable bonds is 6. The van der Waals surface area contributed by atoms with Crippen LogP contribution >= 0.6 is 34.9 Å². The van der Waals surface area contributed by atoms with Crippen LogP contribution in [0.1, 0.15) is 25.0 Å². The first-order valence-corrected chi connectivity index (χ1v) is 11.9. The van der Waals surface area contributed by atoms with Crippen LogP contribution in [0.3, 0.4) is 0 Å². The lowest BCUT2D eigenvalue weighted by Gasteiger charge is -2.05. The van der Waals surface area contributed by atoms with E-state index in [2.05, 4.69) is 74.9 Å². The molecule has 0 aliphatic carbocycles. The molecule has 2 aromatic carbocycles. The predicted octanol–water partition coefficient (Wildman–Crippen LogP) is 7.65. The molecule has 0 saturated heterocycles. The highest BCUT2D eigenvalue weighted by molar-refractivity contribution is 8.02. The molecule has 3 aromatic rings. The average Bonchev–Trinajstić information content (AvgIpc) is 3.06. The van der Waals surface area contributed by atoms with Gasteiger partial charge in [0.1, 0.15) is 0 Å². The van der Waals surface area contributed by atoms with Crippen LogP contribution in [0.2, 0.25) is 0 Å². The number of hydrogen-bond donors (Lipinski definition) is 0. The lowest BCUT2D eigenvalue weighted by molar-refractivity contribution is 1.14. The van der Waals surface area contributed by atoms with E-state index in [4.69, 9.17) is 0 Å². The third-order valence-electron chi connectivity index (χ3n) is 4.48. The third kappa shape index (κ3) is 3.84. The van der Waals surface area contributed by atoms with E-state index in [0.29, 0.717) is 0 Å². The Bertz CT molecular complexity index is 757. The number of hydrogen-bond acceptors (Lipinski definition) is 3. The molecule has 3 heteroatoms. The summed E-state index contributed by atoms with van der Waals surface area (Å²) in [5.41, 5.74) is 5.45. The fraction of sp³-hybridized carbons (Fsp3) is 0.273. The summed E-state index contributed by atoms with van der Waals surface area (Å²) in [4.78, 5) is 5.62. The molecule has 1 aromatic heterocycles. The fourth-order valence-electron chi connectivity index (χ4n) is 2.94. The van der Waals surface area contributed by atoms with Crippen molar-refractivity contribution in [3.05, 3.63) is 59.7 Å². The highest BCUT2D eigenvalue weighted by Crippen LogP contribution is 2.50. The topological polar surface area (TPSA) is 0 Å². The van der Waals surface area contributed by atoms with Crippen molar-refractivity contribution in [3.8, 4) is 20.9 Å². The quantitative estimate of drug-likeness (QED) is 0.400. The first-order chi connectivity index (χ1) is 12.2. The molecule has 1 heterocycles. The van der Waals surface area contributed by atoms with Gasteiger partial charge in [0.25, 0.3) is 0 Å². The van der Waals surface area contributed by atoms with Crippen molar-refractivity contribution in [2.75, 3.05) is 12.5 Å². The molecule has 25 heavy (non-hydrogen) atoms. The van der Waals surface area contributed by atoms with Crippen LogP contribution in [0.5, 0.6) is 0 Å². The van der Waals surface area contributed by atoms with Crippen LogP contribution in [0, 0.1) is 0 Å². The van der Waals surface area contributed by atoms with Gasteiger partial charge in [-0.2, -0.15) is 0 Å². The van der Waals surface area contributed by atoms with Crippen LogP contribution in [0.25, 0.3) is 20.9 Å². The molecule has 0 aliphatic heterocycles. The normalized spacial score (nSPS) is 11.0. The molecule has 0 spiro atoms. The molecule has 0 aliphatic rings. The summed E-state index contributed by atoms with van der Waals surface area (Å²) in [6.45, 7) is 4.41. The van der Waals surface area contributed by atoms with Gasteiger partial charge >= 0.3 is 0 Å². The van der Waals surface area contributed by atoms with E-state index >= 15 is 0 Å². The maximum atomic E-state index is 2.28. The van der Waals surface area contributed by atoms with Crippen molar-refractivity contribution in [1.29, 1.82) is 0 Å². The smallest absolute Gasteiger partial charge is 0.0496 e. The first kappa shape index (κ1) is 18.6. The lowest BCUT2D eigenvalue weighted by Crippen LogP contribution is -1.82. The van der Waals surface area contributed by atoms with E-state index < -0.39 is 0 Å². The van der Waals surface area contributed by atoms with Crippen molar-refractivity contribution in [2.24, 2.45) is 0 Å². The second kappa shape index (κ2) is 8.48. The number of aryl methyl sites for hydroxylation is 2. The maximum Gasteiger partial charge on any atom is 0.0496 e. The number of thiophene rings is 1. The number of benzene rings is 2. The molecule has 3 rings (SSSR count). The van der Waals surface area contributed by atoms with Crippen LogP contribution < -0.4 is 0 Å². The minimum atomic E-state index is 1.09. The minimum absolute atomic E-state index is 1.09. The van der Waals surface area contributed by atoms with Crippen LogP contribution in [-0.2, 0) is 12.8 Å². The molecule has 0 N–H and O–H groups in total. The Hall–Kier alpha value is -1.16. The van der Waals surface area contributed by atoms with Crippen molar-refractivity contribution >= 4 is 34.9 Å². The van der Waals surface area contributed by atoms with Gasteiger partial charge in [-0.3, -0.25) is 0 Å². The van der Waals surface area contributed by atoms with Gasteiger partial charge in [0.2, 0.25) is 0 Å². The molecule has 0 nitrogen and oxygen atoms in total. The Morgan fingerprint density at radius 2 is 1.00 bits per heavy atom. The van der Waals surface area contributed by atoms with E-state index in [0.717, 1.165) is 12.8 Å². The van der Waals surface area contributed by atoms with Crippen molar-refractivity contribution < 1.29 is 0 Å². The maximum absolute atomic E-state index is 2.28. The first-order valence-electron chi connectivity index (χ1n) is 8.65. The molecule has 130 valence electrons. The fourth-order valence-corrected chi connectivity index (χ4v) is 6.60. The monoisotopic (exact) mass is 384 g/mol. The number of thioether (sulfide) groups is 2. The minimum Gasteiger partial charge on any atom is -0.133 e. The molecule has 0 atom stereocenters. The molecule has 0 radical (unpaired) electrons. The zero-order valence-electron chi connectivity index (χ0n) is 15.3. The molecule has 0 fully saturated rings. The van der Waals surface area contributed by atoms with Crippen molar-refractivity contribution in [1.82, 2.24) is 0 Å². The Morgan fingerprint density at radius 3 is 1.28 bits per heavy atom. The SMILES string of the molecule is CCc1ccc(-c2sc(-c3ccc(CC)cc3)c(SC)c2SC)cc1. The van der Waals surface area contributed by atoms with Gasteiger partial charge in [-0.05, 0) is 47.6 Å². The highest BCUT2D eigenvalue weighted by atomic mass is 32.2. The Labute approximate surface area is 164 Å². The molecule has 0 unspecified atom stereocenters. The van der Waals surface area contributed by atoms with E-state index in [1.54, 1.807) is 0 Å². The Balaban J connectivity index is 2.11. The van der Waals surface area contributed by atoms with Crippen molar-refractivity contribution in [3.63, 3.8) is 0 Å². The standard InChI is InChI=1S/C22H24S3/c1-5-15-7-11-17(12-8-15)19-21(23-3)22(24-4)20(25-19)18-13-9-16(6-2)10-14-18/h7-14H,5-6H2,1-4H3. The van der Waals surface area contributed by atoms with Gasteiger partial charge in [0.15, 0.2) is 0 Å². The largest absolute Gasteiger partial charge is 0.133 e. The second-order valence-electron chi connectivity index (χ2n) is 5.93. The molecular weight excluding hydrogens is 360 g/mol. The van der Waals surface area contributed by atoms with E-state index in [-0.39, 0.29) is 0 Å². The van der Waals surface area contributed by atoms with E-state index in [9.17, 15) is 0 Å². The lowest BCUT2D eigenvalue weighted by atomic mass is 10.1. The van der Waals surface area contributed by atoms with Gasteiger partial charge in [0, 0.05) is 19.5 Å². The van der Waals surface area contributed by atoms with E-state index in [1.165, 1.54) is 41.8 Å². The summed E-state index contributed by atoms with van der Waals surface area (Å²) >= 11 is 5.66. The highest BCUT2D eigenvalue weighted by Gasteiger charge is 2.19. The summed E-state index contributed by atoms with van der Waals surface area (Å²) in [5.74, 6) is 0. The Kier molecular flexibility index (Phi) is 6.32. The molecule has 0 bridgehead atoms. The van der Waals surface area contributed by atoms with Gasteiger partial charge in [-0.15, -0.1) is 34.9 Å². The molecule has 0 saturated carbocycles. The summed E-state index contributed by atoms with van der Waals surface area (Å²) < 4.78 is 0. The summed E-state index contributed by atoms with van der Waals surface area (Å²) in [5, 5.41) is 0. The summed E-state index contributed by atoms with van der Waals surface area (Å²) in [6.07, 6.45) is 6.56. The molecular formula is C22H24S3. The zero-order valence-corrected chi connectivity index (χ0v) is 17.7. The second-order valence-corrected chi connectivity index (χ2v) is 8.58. The predicted molar refractivity (Wildman–Crippen MR) is 118 cm³/mol. The van der Waals surface area contributed by atoms with Crippen LogP contribution in [-0.4, -0.2) is 12.5 Å². The summed E-state index contributed by atoms with van der Waals surface area (Å²) in [7, 11) is 0.